The molecule has 0 spiro atoms. The lowest BCUT2D eigenvalue weighted by molar-refractivity contribution is -0.124. The predicted octanol–water partition coefficient (Wildman–Crippen LogP) is 3.33. The van der Waals surface area contributed by atoms with Crippen LogP contribution in [0.5, 0.6) is 11.5 Å². The number of carbonyl (C=O) groups excluding carboxylic acids is 2. The molecule has 2 aromatic rings. The number of nitrogens with one attached hydrogen (secondary N) is 1. The molecule has 2 aromatic carbocycles. The van der Waals surface area contributed by atoms with Crippen LogP contribution in [0.1, 0.15) is 12.8 Å². The molecule has 0 bridgehead atoms. The van der Waals surface area contributed by atoms with E-state index in [0.717, 1.165) is 39.1 Å². The van der Waals surface area contributed by atoms with Crippen LogP contribution in [-0.4, -0.2) is 98.2 Å². The molecule has 2 aliphatic rings. The molecule has 1 atom stereocenters. The molecule has 4 rings (SSSR count). The topological polar surface area (TPSA) is 77.6 Å². The lowest BCUT2D eigenvalue weighted by Gasteiger charge is -2.33. The van der Waals surface area contributed by atoms with Crippen molar-refractivity contribution in [3.63, 3.8) is 0 Å². The number of amides is 2. The normalized spacial score (nSPS) is 18.7. The van der Waals surface area contributed by atoms with Crippen LogP contribution in [0.15, 0.2) is 42.5 Å². The molecule has 0 radical (unpaired) electrons. The number of anilines is 2. The SMILES string of the molecule is COc1ccc(NC(=O)CC2C(=O)N(c3ccc(OC)c(Cl)c3)C(=S)N2CCCN2CCN(C)CC2)cc1. The molecule has 11 heteroatoms. The molecule has 2 heterocycles. The van der Waals surface area contributed by atoms with Crippen LogP contribution in [-0.2, 0) is 9.59 Å². The van der Waals surface area contributed by atoms with Crippen molar-refractivity contribution in [2.75, 3.05) is 70.8 Å². The van der Waals surface area contributed by atoms with Gasteiger partial charge in [-0.05, 0) is 74.7 Å². The zero-order valence-electron chi connectivity index (χ0n) is 22.0. The Kier molecular flexibility index (Phi) is 9.43. The minimum Gasteiger partial charge on any atom is -0.497 e. The van der Waals surface area contributed by atoms with Gasteiger partial charge < -0.3 is 29.5 Å². The molecule has 9 nitrogen and oxygen atoms in total. The Morgan fingerprint density at radius 2 is 1.76 bits per heavy atom. The summed E-state index contributed by atoms with van der Waals surface area (Å²) in [5, 5.41) is 3.63. The highest BCUT2D eigenvalue weighted by Crippen LogP contribution is 2.33. The first kappa shape index (κ1) is 28.1. The Morgan fingerprint density at radius 3 is 2.39 bits per heavy atom. The van der Waals surface area contributed by atoms with E-state index in [0.29, 0.717) is 39.6 Å². The third-order valence-electron chi connectivity index (χ3n) is 6.93. The fourth-order valence-electron chi connectivity index (χ4n) is 4.72. The van der Waals surface area contributed by atoms with Crippen LogP contribution in [0.2, 0.25) is 5.02 Å². The number of likely N-dealkylation sites (N-methyl/N-ethyl adjacent to an activating group) is 1. The summed E-state index contributed by atoms with van der Waals surface area (Å²) in [6.07, 6.45) is 0.796. The number of hydrogen-bond acceptors (Lipinski definition) is 7. The number of halogens is 1. The summed E-state index contributed by atoms with van der Waals surface area (Å²) >= 11 is 12.1. The van der Waals surface area contributed by atoms with Gasteiger partial charge in [-0.15, -0.1) is 0 Å². The first-order chi connectivity index (χ1) is 18.3. The number of rotatable bonds is 10. The molecule has 1 unspecified atom stereocenters. The first-order valence-corrected chi connectivity index (χ1v) is 13.4. The second-order valence-corrected chi connectivity index (χ2v) is 10.2. The van der Waals surface area contributed by atoms with Gasteiger partial charge in [-0.3, -0.25) is 14.5 Å². The van der Waals surface area contributed by atoms with Crippen molar-refractivity contribution in [1.29, 1.82) is 0 Å². The van der Waals surface area contributed by atoms with Gasteiger partial charge in [-0.25, -0.2) is 0 Å². The van der Waals surface area contributed by atoms with Crippen molar-refractivity contribution < 1.29 is 19.1 Å². The third kappa shape index (κ3) is 6.55. The Hall–Kier alpha value is -2.92. The van der Waals surface area contributed by atoms with Crippen LogP contribution < -0.4 is 19.7 Å². The zero-order chi connectivity index (χ0) is 27.2. The molecular formula is C27H34ClN5O4S. The van der Waals surface area contributed by atoms with E-state index in [1.165, 1.54) is 12.0 Å². The predicted molar refractivity (Wildman–Crippen MR) is 153 cm³/mol. The monoisotopic (exact) mass is 559 g/mol. The molecule has 2 amide bonds. The quantitative estimate of drug-likeness (QED) is 0.444. The average molecular weight is 560 g/mol. The summed E-state index contributed by atoms with van der Waals surface area (Å²) in [5.41, 5.74) is 1.18. The minimum absolute atomic E-state index is 0.0279. The van der Waals surface area contributed by atoms with Gasteiger partial charge in [0.1, 0.15) is 17.5 Å². The van der Waals surface area contributed by atoms with Crippen molar-refractivity contribution in [1.82, 2.24) is 14.7 Å². The molecule has 1 N–H and O–H groups in total. The summed E-state index contributed by atoms with van der Waals surface area (Å²) in [4.78, 5) is 34.8. The van der Waals surface area contributed by atoms with Crippen molar-refractivity contribution in [3.8, 4) is 11.5 Å². The number of carbonyl (C=O) groups is 2. The second kappa shape index (κ2) is 12.8. The van der Waals surface area contributed by atoms with E-state index < -0.39 is 6.04 Å². The maximum Gasteiger partial charge on any atom is 0.256 e. The average Bonchev–Trinajstić information content (AvgIpc) is 3.14. The van der Waals surface area contributed by atoms with Crippen molar-refractivity contribution in [2.24, 2.45) is 0 Å². The van der Waals surface area contributed by atoms with Crippen molar-refractivity contribution >= 4 is 52.1 Å². The number of thiocarbonyl (C=S) groups is 1. The maximum absolute atomic E-state index is 13.7. The first-order valence-electron chi connectivity index (χ1n) is 12.6. The third-order valence-corrected chi connectivity index (χ3v) is 7.65. The standard InChI is InChI=1S/C27H34ClN5O4S/c1-30-13-15-31(16-14-30)11-4-12-32-23(18-25(34)29-19-5-8-21(36-2)9-6-19)26(35)33(27(32)38)20-7-10-24(37-3)22(28)17-20/h5-10,17,23H,4,11-16,18H2,1-3H3,(H,29,34). The maximum atomic E-state index is 13.7. The van der Waals surface area contributed by atoms with E-state index in [9.17, 15) is 9.59 Å². The second-order valence-electron chi connectivity index (χ2n) is 9.46. The number of benzene rings is 2. The van der Waals surface area contributed by atoms with Crippen molar-refractivity contribution in [3.05, 3.63) is 47.5 Å². The Bertz CT molecular complexity index is 1160. The van der Waals surface area contributed by atoms with Crippen LogP contribution >= 0.6 is 23.8 Å². The van der Waals surface area contributed by atoms with Crippen LogP contribution in [0.3, 0.4) is 0 Å². The van der Waals surface area contributed by atoms with Gasteiger partial charge in [0, 0.05) is 38.4 Å². The molecular weight excluding hydrogens is 526 g/mol. The highest BCUT2D eigenvalue weighted by molar-refractivity contribution is 7.80. The smallest absolute Gasteiger partial charge is 0.256 e. The van der Waals surface area contributed by atoms with Crippen LogP contribution in [0.25, 0.3) is 0 Å². The lowest BCUT2D eigenvalue weighted by atomic mass is 10.1. The van der Waals surface area contributed by atoms with Gasteiger partial charge >= 0.3 is 0 Å². The van der Waals surface area contributed by atoms with Crippen LogP contribution in [0, 0.1) is 0 Å². The summed E-state index contributed by atoms with van der Waals surface area (Å²) in [5.74, 6) is 0.683. The number of hydrogen-bond donors (Lipinski definition) is 1. The van der Waals surface area contributed by atoms with Crippen molar-refractivity contribution in [2.45, 2.75) is 18.9 Å². The fourth-order valence-corrected chi connectivity index (χ4v) is 5.38. The van der Waals surface area contributed by atoms with Gasteiger partial charge in [0.2, 0.25) is 5.91 Å². The Morgan fingerprint density at radius 1 is 1.05 bits per heavy atom. The Balaban J connectivity index is 1.49. The molecule has 2 saturated heterocycles. The van der Waals surface area contributed by atoms with E-state index >= 15 is 0 Å². The van der Waals surface area contributed by atoms with E-state index in [1.807, 2.05) is 4.90 Å². The fraction of sp³-hybridized carbons (Fsp3) is 0.444. The van der Waals surface area contributed by atoms with Gasteiger partial charge in [-0.1, -0.05) is 11.6 Å². The molecule has 2 fully saturated rings. The van der Waals surface area contributed by atoms with E-state index in [1.54, 1.807) is 49.6 Å². The summed E-state index contributed by atoms with van der Waals surface area (Å²) in [6.45, 7) is 5.59. The summed E-state index contributed by atoms with van der Waals surface area (Å²) < 4.78 is 10.4. The van der Waals surface area contributed by atoms with E-state index in [4.69, 9.17) is 33.3 Å². The van der Waals surface area contributed by atoms with Crippen LogP contribution in [0.4, 0.5) is 11.4 Å². The molecule has 2 aliphatic heterocycles. The zero-order valence-corrected chi connectivity index (χ0v) is 23.6. The summed E-state index contributed by atoms with van der Waals surface area (Å²) in [6, 6.07) is 11.5. The van der Waals surface area contributed by atoms with Gasteiger partial charge in [-0.2, -0.15) is 0 Å². The molecule has 38 heavy (non-hydrogen) atoms. The number of nitrogens with zero attached hydrogens (tertiary/aromatic N) is 4. The minimum atomic E-state index is -0.714. The highest BCUT2D eigenvalue weighted by Gasteiger charge is 2.44. The lowest BCUT2D eigenvalue weighted by Crippen LogP contribution is -2.45. The van der Waals surface area contributed by atoms with Gasteiger partial charge in [0.25, 0.3) is 5.91 Å². The number of piperazine rings is 1. The number of ether oxygens (including phenoxy) is 2. The summed E-state index contributed by atoms with van der Waals surface area (Å²) in [7, 11) is 5.25. The van der Waals surface area contributed by atoms with Gasteiger partial charge in [0.15, 0.2) is 5.11 Å². The molecule has 0 saturated carbocycles. The van der Waals surface area contributed by atoms with Gasteiger partial charge in [0.05, 0.1) is 31.4 Å². The Labute approximate surface area is 234 Å². The number of methoxy groups -OCH3 is 2. The molecule has 204 valence electrons. The van der Waals surface area contributed by atoms with E-state index in [2.05, 4.69) is 22.2 Å². The highest BCUT2D eigenvalue weighted by atomic mass is 35.5. The molecule has 0 aromatic heterocycles. The molecule has 0 aliphatic carbocycles. The van der Waals surface area contributed by atoms with E-state index in [-0.39, 0.29) is 18.2 Å². The largest absolute Gasteiger partial charge is 0.497 e.